The summed E-state index contributed by atoms with van der Waals surface area (Å²) in [6.45, 7) is 2.14. The molecule has 3 aromatic rings. The van der Waals surface area contributed by atoms with Crippen molar-refractivity contribution in [1.82, 2.24) is 20.2 Å². The Hall–Kier alpha value is -2.63. The van der Waals surface area contributed by atoms with E-state index in [1.807, 2.05) is 30.3 Å². The predicted octanol–water partition coefficient (Wildman–Crippen LogP) is 2.31. The van der Waals surface area contributed by atoms with Crippen molar-refractivity contribution in [2.24, 2.45) is 0 Å². The van der Waals surface area contributed by atoms with E-state index in [2.05, 4.69) is 30.4 Å². The Labute approximate surface area is 115 Å². The fraction of sp³-hybridized carbons (Fsp3) is 0.214. The van der Waals surface area contributed by atoms with E-state index < -0.39 is 0 Å². The van der Waals surface area contributed by atoms with Gasteiger partial charge < -0.3 is 10.2 Å². The van der Waals surface area contributed by atoms with Crippen molar-refractivity contribution >= 4 is 28.4 Å². The third kappa shape index (κ3) is 1.85. The molecule has 0 saturated carbocycles. The largest absolute Gasteiger partial charge is 0.356 e. The van der Waals surface area contributed by atoms with Crippen molar-refractivity contribution in [3.8, 4) is 0 Å². The van der Waals surface area contributed by atoms with Crippen LogP contribution in [0.4, 0.5) is 17.5 Å². The van der Waals surface area contributed by atoms with Crippen LogP contribution in [0.25, 0.3) is 10.9 Å². The van der Waals surface area contributed by atoms with E-state index in [9.17, 15) is 0 Å². The second-order valence-corrected chi connectivity index (χ2v) is 4.84. The Morgan fingerprint density at radius 2 is 2.05 bits per heavy atom. The lowest BCUT2D eigenvalue weighted by Crippen LogP contribution is -2.37. The van der Waals surface area contributed by atoms with Gasteiger partial charge >= 0.3 is 0 Å². The van der Waals surface area contributed by atoms with Crippen LogP contribution < -0.4 is 10.2 Å². The van der Waals surface area contributed by atoms with Crippen LogP contribution in [-0.4, -0.2) is 33.3 Å². The number of nitrogens with one attached hydrogen (secondary N) is 2. The van der Waals surface area contributed by atoms with E-state index in [-0.39, 0.29) is 0 Å². The molecular weight excluding hydrogens is 252 g/mol. The first kappa shape index (κ1) is 11.2. The highest BCUT2D eigenvalue weighted by atomic mass is 15.2. The minimum atomic E-state index is 0.763. The molecule has 6 nitrogen and oxygen atoms in total. The highest BCUT2D eigenvalue weighted by Crippen LogP contribution is 2.25. The second-order valence-electron chi connectivity index (χ2n) is 4.84. The van der Waals surface area contributed by atoms with Crippen molar-refractivity contribution < 1.29 is 0 Å². The number of aromatic amines is 1. The van der Waals surface area contributed by atoms with Gasteiger partial charge in [-0.05, 0) is 18.6 Å². The SMILES string of the molecule is c1ccc2c(Nc3cc(N4CCC4)ncn3)n[nH]c2c1. The van der Waals surface area contributed by atoms with Crippen molar-refractivity contribution in [2.45, 2.75) is 6.42 Å². The first-order valence-corrected chi connectivity index (χ1v) is 6.67. The third-order valence-corrected chi connectivity index (χ3v) is 3.55. The first-order valence-electron chi connectivity index (χ1n) is 6.67. The van der Waals surface area contributed by atoms with E-state index in [0.29, 0.717) is 0 Å². The molecule has 3 heterocycles. The lowest BCUT2D eigenvalue weighted by atomic mass is 10.2. The molecule has 6 heteroatoms. The van der Waals surface area contributed by atoms with Crippen LogP contribution in [0.1, 0.15) is 6.42 Å². The van der Waals surface area contributed by atoms with Gasteiger partial charge in [-0.25, -0.2) is 9.97 Å². The molecule has 1 saturated heterocycles. The molecule has 0 aliphatic carbocycles. The average Bonchev–Trinajstić information content (AvgIpc) is 2.81. The Bertz CT molecular complexity index is 746. The minimum Gasteiger partial charge on any atom is -0.356 e. The normalized spacial score (nSPS) is 14.3. The maximum absolute atomic E-state index is 4.30. The molecule has 2 aromatic heterocycles. The molecule has 0 amide bonds. The Balaban J connectivity index is 1.65. The zero-order chi connectivity index (χ0) is 13.4. The van der Waals surface area contributed by atoms with Gasteiger partial charge in [-0.2, -0.15) is 5.10 Å². The van der Waals surface area contributed by atoms with Crippen LogP contribution in [0.15, 0.2) is 36.7 Å². The molecule has 0 bridgehead atoms. The second kappa shape index (κ2) is 4.48. The number of nitrogens with zero attached hydrogens (tertiary/aromatic N) is 4. The van der Waals surface area contributed by atoms with Crippen LogP contribution >= 0.6 is 0 Å². The summed E-state index contributed by atoms with van der Waals surface area (Å²) in [4.78, 5) is 10.8. The van der Waals surface area contributed by atoms with Crippen molar-refractivity contribution in [1.29, 1.82) is 0 Å². The lowest BCUT2D eigenvalue weighted by molar-refractivity contribution is 0.609. The smallest absolute Gasteiger partial charge is 0.161 e. The summed E-state index contributed by atoms with van der Waals surface area (Å²) in [6, 6.07) is 9.96. The number of para-hydroxylation sites is 1. The molecule has 20 heavy (non-hydrogen) atoms. The minimum absolute atomic E-state index is 0.763. The van der Waals surface area contributed by atoms with Gasteiger partial charge in [-0.3, -0.25) is 5.10 Å². The van der Waals surface area contributed by atoms with Gasteiger partial charge in [0.2, 0.25) is 0 Å². The zero-order valence-electron chi connectivity index (χ0n) is 10.9. The maximum Gasteiger partial charge on any atom is 0.161 e. The van der Waals surface area contributed by atoms with Gasteiger partial charge in [-0.1, -0.05) is 12.1 Å². The van der Waals surface area contributed by atoms with E-state index >= 15 is 0 Å². The molecule has 4 rings (SSSR count). The molecule has 0 radical (unpaired) electrons. The summed E-state index contributed by atoms with van der Waals surface area (Å²) in [5.41, 5.74) is 1.01. The maximum atomic E-state index is 4.30. The molecule has 1 aromatic carbocycles. The number of hydrogen-bond donors (Lipinski definition) is 2. The summed E-state index contributed by atoms with van der Waals surface area (Å²) in [5.74, 6) is 2.52. The molecule has 0 spiro atoms. The van der Waals surface area contributed by atoms with Crippen LogP contribution in [0.5, 0.6) is 0 Å². The Morgan fingerprint density at radius 3 is 2.90 bits per heavy atom. The van der Waals surface area contributed by atoms with Gasteiger partial charge in [0.25, 0.3) is 0 Å². The molecule has 1 fully saturated rings. The number of fused-ring (bicyclic) bond motifs is 1. The molecule has 1 aliphatic rings. The number of anilines is 3. The van der Waals surface area contributed by atoms with E-state index in [4.69, 9.17) is 0 Å². The molecular formula is C14H14N6. The number of H-pyrrole nitrogens is 1. The van der Waals surface area contributed by atoms with Gasteiger partial charge in [0.1, 0.15) is 18.0 Å². The van der Waals surface area contributed by atoms with Gasteiger partial charge in [0.15, 0.2) is 5.82 Å². The van der Waals surface area contributed by atoms with E-state index in [1.165, 1.54) is 6.42 Å². The van der Waals surface area contributed by atoms with Crippen molar-refractivity contribution in [3.63, 3.8) is 0 Å². The van der Waals surface area contributed by atoms with Gasteiger partial charge in [0, 0.05) is 24.5 Å². The van der Waals surface area contributed by atoms with Gasteiger partial charge in [-0.15, -0.1) is 0 Å². The zero-order valence-corrected chi connectivity index (χ0v) is 10.9. The third-order valence-electron chi connectivity index (χ3n) is 3.55. The topological polar surface area (TPSA) is 69.7 Å². The molecule has 0 atom stereocenters. The molecule has 2 N–H and O–H groups in total. The summed E-state index contributed by atoms with van der Waals surface area (Å²) < 4.78 is 0. The Morgan fingerprint density at radius 1 is 1.15 bits per heavy atom. The standard InChI is InChI=1S/C14H14N6/c1-2-5-11-10(4-1)14(19-18-11)17-12-8-13(16-9-15-12)20-6-3-7-20/h1-2,4-5,8-9H,3,6-7H2,(H2,15,16,17,18,19). The molecule has 100 valence electrons. The molecule has 1 aliphatic heterocycles. The lowest BCUT2D eigenvalue weighted by Gasteiger charge is -2.31. The number of rotatable bonds is 3. The molecule has 0 unspecified atom stereocenters. The summed E-state index contributed by atoms with van der Waals surface area (Å²) in [7, 11) is 0. The van der Waals surface area contributed by atoms with Crippen LogP contribution in [0.2, 0.25) is 0 Å². The first-order chi connectivity index (χ1) is 9.90. The van der Waals surface area contributed by atoms with Crippen molar-refractivity contribution in [3.05, 3.63) is 36.7 Å². The summed E-state index contributed by atoms with van der Waals surface area (Å²) in [5, 5.41) is 11.6. The fourth-order valence-electron chi connectivity index (χ4n) is 2.31. The number of hydrogen-bond acceptors (Lipinski definition) is 5. The summed E-state index contributed by atoms with van der Waals surface area (Å²) >= 11 is 0. The van der Waals surface area contributed by atoms with Crippen LogP contribution in [0.3, 0.4) is 0 Å². The van der Waals surface area contributed by atoms with Crippen LogP contribution in [-0.2, 0) is 0 Å². The number of aromatic nitrogens is 4. The van der Waals surface area contributed by atoms with Gasteiger partial charge in [0.05, 0.1) is 5.52 Å². The van der Waals surface area contributed by atoms with Crippen molar-refractivity contribution in [2.75, 3.05) is 23.3 Å². The highest BCUT2D eigenvalue weighted by molar-refractivity contribution is 5.91. The number of benzene rings is 1. The summed E-state index contributed by atoms with van der Waals surface area (Å²) in [6.07, 6.45) is 2.82. The van der Waals surface area contributed by atoms with E-state index in [0.717, 1.165) is 41.4 Å². The predicted molar refractivity (Wildman–Crippen MR) is 78.2 cm³/mol. The fourth-order valence-corrected chi connectivity index (χ4v) is 2.31. The quantitative estimate of drug-likeness (QED) is 0.761. The monoisotopic (exact) mass is 266 g/mol. The Kier molecular flexibility index (Phi) is 2.51. The highest BCUT2D eigenvalue weighted by Gasteiger charge is 2.16. The average molecular weight is 266 g/mol. The van der Waals surface area contributed by atoms with Crippen LogP contribution in [0, 0.1) is 0 Å². The van der Waals surface area contributed by atoms with E-state index in [1.54, 1.807) is 6.33 Å².